The molecule has 0 aliphatic rings. The molecule has 0 atom stereocenters. The second-order valence-electron chi connectivity index (χ2n) is 4.15. The number of halogens is 3. The average Bonchev–Trinajstić information content (AvgIpc) is 2.42. The summed E-state index contributed by atoms with van der Waals surface area (Å²) in [5, 5.41) is 3.04. The van der Waals surface area contributed by atoms with Crippen LogP contribution < -0.4 is 15.8 Å². The van der Waals surface area contributed by atoms with Crippen molar-refractivity contribution < 1.29 is 13.9 Å². The average molecular weight is 374 g/mol. The first kappa shape index (κ1) is 15.6. The number of hydrogen-bond acceptors (Lipinski definition) is 3. The van der Waals surface area contributed by atoms with Gasteiger partial charge in [-0.1, -0.05) is 11.6 Å². The molecule has 0 unspecified atom stereocenters. The van der Waals surface area contributed by atoms with Crippen LogP contribution in [0.1, 0.15) is 0 Å². The Balaban J connectivity index is 1.94. The fourth-order valence-electron chi connectivity index (χ4n) is 1.55. The van der Waals surface area contributed by atoms with Crippen LogP contribution in [0.4, 0.5) is 15.8 Å². The number of rotatable bonds is 4. The maximum absolute atomic E-state index is 12.9. The van der Waals surface area contributed by atoms with Crippen LogP contribution in [0.15, 0.2) is 40.9 Å². The monoisotopic (exact) mass is 372 g/mol. The number of hydrogen-bond donors (Lipinski definition) is 2. The van der Waals surface area contributed by atoms with Crippen LogP contribution in [0.3, 0.4) is 0 Å². The number of carbonyl (C=O) groups is 1. The molecule has 0 radical (unpaired) electrons. The predicted molar refractivity (Wildman–Crippen MR) is 84.1 cm³/mol. The zero-order valence-corrected chi connectivity index (χ0v) is 13.0. The van der Waals surface area contributed by atoms with Gasteiger partial charge in [-0.3, -0.25) is 4.79 Å². The van der Waals surface area contributed by atoms with E-state index in [2.05, 4.69) is 21.2 Å². The quantitative estimate of drug-likeness (QED) is 0.800. The minimum absolute atomic E-state index is 0.216. The van der Waals surface area contributed by atoms with Gasteiger partial charge >= 0.3 is 0 Å². The second-order valence-corrected chi connectivity index (χ2v) is 5.41. The number of nitrogens with one attached hydrogen (secondary N) is 1. The van der Waals surface area contributed by atoms with Crippen molar-refractivity contribution in [2.45, 2.75) is 0 Å². The number of benzene rings is 2. The lowest BCUT2D eigenvalue weighted by molar-refractivity contribution is -0.118. The van der Waals surface area contributed by atoms with Gasteiger partial charge < -0.3 is 15.8 Å². The van der Waals surface area contributed by atoms with E-state index in [0.29, 0.717) is 26.6 Å². The highest BCUT2D eigenvalue weighted by Gasteiger charge is 2.08. The van der Waals surface area contributed by atoms with E-state index < -0.39 is 5.82 Å². The van der Waals surface area contributed by atoms with Crippen molar-refractivity contribution in [2.24, 2.45) is 0 Å². The van der Waals surface area contributed by atoms with Crippen molar-refractivity contribution >= 4 is 44.8 Å². The molecule has 0 aromatic heterocycles. The Morgan fingerprint density at radius 1 is 1.33 bits per heavy atom. The number of nitrogen functional groups attached to an aromatic ring is 1. The van der Waals surface area contributed by atoms with E-state index in [1.807, 2.05) is 0 Å². The van der Waals surface area contributed by atoms with Gasteiger partial charge in [0.15, 0.2) is 6.61 Å². The minimum atomic E-state index is -0.393. The summed E-state index contributed by atoms with van der Waals surface area (Å²) in [6.07, 6.45) is 0. The van der Waals surface area contributed by atoms with Gasteiger partial charge in [0.05, 0.1) is 15.2 Å². The summed E-state index contributed by atoms with van der Waals surface area (Å²) in [7, 11) is 0. The summed E-state index contributed by atoms with van der Waals surface area (Å²) in [5.41, 5.74) is 6.53. The number of anilines is 2. The standard InChI is InChI=1S/C14H11BrClFN2O2/c15-10-5-8(17)1-4-13(10)21-7-14(20)19-9-2-3-11(16)12(18)6-9/h1-6H,7,18H2,(H,19,20). The molecule has 3 N–H and O–H groups in total. The molecule has 0 aliphatic carbocycles. The van der Waals surface area contributed by atoms with Gasteiger partial charge in [-0.15, -0.1) is 0 Å². The number of nitrogens with two attached hydrogens (primary N) is 1. The van der Waals surface area contributed by atoms with E-state index in [1.165, 1.54) is 18.2 Å². The Kier molecular flexibility index (Phi) is 5.03. The molecule has 2 aromatic carbocycles. The van der Waals surface area contributed by atoms with Crippen LogP contribution >= 0.6 is 27.5 Å². The van der Waals surface area contributed by atoms with E-state index >= 15 is 0 Å². The van der Waals surface area contributed by atoms with Gasteiger partial charge in [0.2, 0.25) is 0 Å². The van der Waals surface area contributed by atoms with E-state index in [-0.39, 0.29) is 12.5 Å². The smallest absolute Gasteiger partial charge is 0.262 e. The van der Waals surface area contributed by atoms with E-state index in [4.69, 9.17) is 22.1 Å². The summed E-state index contributed by atoms with van der Waals surface area (Å²) in [6.45, 7) is -0.216. The molecule has 21 heavy (non-hydrogen) atoms. The normalized spacial score (nSPS) is 10.2. The zero-order chi connectivity index (χ0) is 15.4. The fraction of sp³-hybridized carbons (Fsp3) is 0.0714. The molecular formula is C14H11BrClFN2O2. The lowest BCUT2D eigenvalue weighted by Gasteiger charge is -2.09. The van der Waals surface area contributed by atoms with Crippen molar-refractivity contribution in [3.05, 3.63) is 51.7 Å². The molecule has 0 heterocycles. The van der Waals surface area contributed by atoms with Crippen molar-refractivity contribution in [3.63, 3.8) is 0 Å². The lowest BCUT2D eigenvalue weighted by Crippen LogP contribution is -2.20. The van der Waals surface area contributed by atoms with Crippen molar-refractivity contribution in [1.29, 1.82) is 0 Å². The first-order valence-electron chi connectivity index (χ1n) is 5.88. The van der Waals surface area contributed by atoms with Gasteiger partial charge in [-0.05, 0) is 52.3 Å². The Morgan fingerprint density at radius 2 is 2.10 bits per heavy atom. The highest BCUT2D eigenvalue weighted by atomic mass is 79.9. The molecule has 0 spiro atoms. The third kappa shape index (κ3) is 4.34. The maximum Gasteiger partial charge on any atom is 0.262 e. The Labute approximate surface area is 134 Å². The molecule has 0 aliphatic heterocycles. The second kappa shape index (κ2) is 6.78. The largest absolute Gasteiger partial charge is 0.483 e. The summed E-state index contributed by atoms with van der Waals surface area (Å²) in [5.74, 6) is -0.384. The third-order valence-electron chi connectivity index (χ3n) is 2.53. The van der Waals surface area contributed by atoms with E-state index in [9.17, 15) is 9.18 Å². The Morgan fingerprint density at radius 3 is 2.76 bits per heavy atom. The van der Waals surface area contributed by atoms with Gasteiger partial charge in [0, 0.05) is 5.69 Å². The SMILES string of the molecule is Nc1cc(NC(=O)COc2ccc(F)cc2Br)ccc1Cl. The van der Waals surface area contributed by atoms with Crippen LogP contribution in [0, 0.1) is 5.82 Å². The highest BCUT2D eigenvalue weighted by molar-refractivity contribution is 9.10. The third-order valence-corrected chi connectivity index (χ3v) is 3.50. The topological polar surface area (TPSA) is 64.3 Å². The minimum Gasteiger partial charge on any atom is -0.483 e. The van der Waals surface area contributed by atoms with Crippen LogP contribution in [-0.4, -0.2) is 12.5 Å². The molecule has 0 bridgehead atoms. The van der Waals surface area contributed by atoms with Crippen molar-refractivity contribution in [2.75, 3.05) is 17.7 Å². The van der Waals surface area contributed by atoms with Crippen LogP contribution in [0.25, 0.3) is 0 Å². The van der Waals surface area contributed by atoms with Crippen LogP contribution in [0.2, 0.25) is 5.02 Å². The Hall–Kier alpha value is -1.79. The van der Waals surface area contributed by atoms with Crippen molar-refractivity contribution in [3.8, 4) is 5.75 Å². The number of ether oxygens (including phenoxy) is 1. The first-order chi connectivity index (χ1) is 9.95. The molecule has 110 valence electrons. The molecule has 7 heteroatoms. The van der Waals surface area contributed by atoms with E-state index in [0.717, 1.165) is 0 Å². The first-order valence-corrected chi connectivity index (χ1v) is 7.05. The summed E-state index contributed by atoms with van der Waals surface area (Å²) < 4.78 is 18.6. The fourth-order valence-corrected chi connectivity index (χ4v) is 2.14. The molecular weight excluding hydrogens is 363 g/mol. The molecule has 2 rings (SSSR count). The summed E-state index contributed by atoms with van der Waals surface area (Å²) >= 11 is 8.94. The molecule has 0 saturated carbocycles. The van der Waals surface area contributed by atoms with E-state index in [1.54, 1.807) is 18.2 Å². The Bertz CT molecular complexity index is 682. The predicted octanol–water partition coefficient (Wildman–Crippen LogP) is 3.84. The van der Waals surface area contributed by atoms with Gasteiger partial charge in [-0.2, -0.15) is 0 Å². The zero-order valence-electron chi connectivity index (χ0n) is 10.7. The van der Waals surface area contributed by atoms with Crippen molar-refractivity contribution in [1.82, 2.24) is 0 Å². The highest BCUT2D eigenvalue weighted by Crippen LogP contribution is 2.25. The molecule has 4 nitrogen and oxygen atoms in total. The van der Waals surface area contributed by atoms with Gasteiger partial charge in [-0.25, -0.2) is 4.39 Å². The summed E-state index contributed by atoms with van der Waals surface area (Å²) in [4.78, 5) is 11.8. The number of amides is 1. The van der Waals surface area contributed by atoms with Gasteiger partial charge in [0.25, 0.3) is 5.91 Å². The maximum atomic E-state index is 12.9. The molecule has 1 amide bonds. The van der Waals surface area contributed by atoms with Crippen LogP contribution in [-0.2, 0) is 4.79 Å². The molecule has 0 fully saturated rings. The summed E-state index contributed by atoms with van der Waals surface area (Å²) in [6, 6.07) is 8.71. The molecule has 0 saturated heterocycles. The van der Waals surface area contributed by atoms with Crippen LogP contribution in [0.5, 0.6) is 5.75 Å². The molecule has 2 aromatic rings. The lowest BCUT2D eigenvalue weighted by atomic mass is 10.3. The number of carbonyl (C=O) groups excluding carboxylic acids is 1. The van der Waals surface area contributed by atoms with Gasteiger partial charge in [0.1, 0.15) is 11.6 Å².